The van der Waals surface area contributed by atoms with Crippen LogP contribution in [0.1, 0.15) is 18.9 Å². The van der Waals surface area contributed by atoms with E-state index in [1.165, 1.54) is 6.33 Å². The fraction of sp³-hybridized carbons (Fsp3) is 0.238. The number of nitrogen functional groups attached to an aromatic ring is 1. The standard InChI is InChI=1S/C21H20ClN7O/c22-14-5-8-17(25-10-14)30-16-6-3-13(4-7-16)19-18-20(23)26-12-27-21(18)29(28-19)15-2-1-9-24-11-15/h3-8,10,12,15,24H,1-2,9,11H2,(H2,23,26,27)/t15-/m1/s1. The zero-order valence-corrected chi connectivity index (χ0v) is 16.9. The van der Waals surface area contributed by atoms with Gasteiger partial charge in [-0.2, -0.15) is 5.10 Å². The molecule has 0 saturated carbocycles. The highest BCUT2D eigenvalue weighted by molar-refractivity contribution is 6.30. The summed E-state index contributed by atoms with van der Waals surface area (Å²) in [6.07, 6.45) is 5.19. The number of rotatable bonds is 4. The van der Waals surface area contributed by atoms with Crippen molar-refractivity contribution in [3.63, 3.8) is 0 Å². The first-order valence-corrected chi connectivity index (χ1v) is 10.2. The molecule has 1 fully saturated rings. The van der Waals surface area contributed by atoms with Gasteiger partial charge in [-0.15, -0.1) is 0 Å². The van der Waals surface area contributed by atoms with Crippen molar-refractivity contribution in [2.24, 2.45) is 0 Å². The van der Waals surface area contributed by atoms with Crippen LogP contribution >= 0.6 is 11.6 Å². The van der Waals surface area contributed by atoms with Crippen molar-refractivity contribution in [3.05, 3.63) is 53.9 Å². The van der Waals surface area contributed by atoms with Gasteiger partial charge in [0.15, 0.2) is 5.65 Å². The Hall–Kier alpha value is -3.23. The van der Waals surface area contributed by atoms with Crippen LogP contribution in [0.15, 0.2) is 48.9 Å². The number of hydrogen-bond acceptors (Lipinski definition) is 7. The number of nitrogens with two attached hydrogens (primary N) is 1. The Kier molecular flexibility index (Phi) is 4.94. The van der Waals surface area contributed by atoms with E-state index in [-0.39, 0.29) is 6.04 Å². The van der Waals surface area contributed by atoms with Crippen LogP contribution in [0.25, 0.3) is 22.3 Å². The number of anilines is 1. The second-order valence-electron chi connectivity index (χ2n) is 7.19. The number of nitrogens with one attached hydrogen (secondary N) is 1. The third-order valence-electron chi connectivity index (χ3n) is 5.19. The van der Waals surface area contributed by atoms with Gasteiger partial charge in [0, 0.05) is 24.4 Å². The van der Waals surface area contributed by atoms with Crippen LogP contribution in [0.3, 0.4) is 0 Å². The normalized spacial score (nSPS) is 16.6. The first-order valence-electron chi connectivity index (χ1n) is 9.78. The van der Waals surface area contributed by atoms with Crippen LogP contribution in [-0.4, -0.2) is 37.8 Å². The molecule has 1 aromatic carbocycles. The van der Waals surface area contributed by atoms with Crippen LogP contribution in [0, 0.1) is 0 Å². The molecule has 0 amide bonds. The molecular weight excluding hydrogens is 402 g/mol. The summed E-state index contributed by atoms with van der Waals surface area (Å²) >= 11 is 5.87. The topological polar surface area (TPSA) is 104 Å². The molecule has 4 aromatic rings. The van der Waals surface area contributed by atoms with Crippen molar-refractivity contribution in [3.8, 4) is 22.9 Å². The summed E-state index contributed by atoms with van der Waals surface area (Å²) in [5.41, 5.74) is 8.66. The zero-order valence-electron chi connectivity index (χ0n) is 16.1. The molecule has 0 aliphatic carbocycles. The van der Waals surface area contributed by atoms with Gasteiger partial charge in [-0.05, 0) is 49.7 Å². The summed E-state index contributed by atoms with van der Waals surface area (Å²) in [5, 5.41) is 9.66. The summed E-state index contributed by atoms with van der Waals surface area (Å²) in [4.78, 5) is 12.8. The number of ether oxygens (including phenoxy) is 1. The molecule has 152 valence electrons. The van der Waals surface area contributed by atoms with Crippen molar-refractivity contribution >= 4 is 28.5 Å². The van der Waals surface area contributed by atoms with Gasteiger partial charge in [0.2, 0.25) is 5.88 Å². The number of hydrogen-bond donors (Lipinski definition) is 2. The molecule has 0 spiro atoms. The van der Waals surface area contributed by atoms with Crippen LogP contribution in [0.2, 0.25) is 5.02 Å². The predicted molar refractivity (Wildman–Crippen MR) is 116 cm³/mol. The Bertz CT molecular complexity index is 1170. The third kappa shape index (κ3) is 3.55. The molecule has 3 aromatic heterocycles. The van der Waals surface area contributed by atoms with E-state index in [2.05, 4.69) is 20.3 Å². The lowest BCUT2D eigenvalue weighted by atomic mass is 10.1. The van der Waals surface area contributed by atoms with Crippen molar-refractivity contribution in [1.82, 2.24) is 30.0 Å². The summed E-state index contributed by atoms with van der Waals surface area (Å²) in [7, 11) is 0. The zero-order chi connectivity index (χ0) is 20.5. The van der Waals surface area contributed by atoms with Crippen LogP contribution in [-0.2, 0) is 0 Å². The smallest absolute Gasteiger partial charge is 0.219 e. The summed E-state index contributed by atoms with van der Waals surface area (Å²) in [6, 6.07) is 11.3. The van der Waals surface area contributed by atoms with Crippen LogP contribution < -0.4 is 15.8 Å². The van der Waals surface area contributed by atoms with E-state index in [1.807, 2.05) is 28.9 Å². The number of aromatic nitrogens is 5. The Morgan fingerprint density at radius 3 is 2.70 bits per heavy atom. The molecule has 1 atom stereocenters. The Balaban J connectivity index is 1.50. The fourth-order valence-corrected chi connectivity index (χ4v) is 3.83. The van der Waals surface area contributed by atoms with Gasteiger partial charge < -0.3 is 15.8 Å². The van der Waals surface area contributed by atoms with Gasteiger partial charge in [0.05, 0.1) is 16.5 Å². The van der Waals surface area contributed by atoms with Gasteiger partial charge in [0.25, 0.3) is 0 Å². The second-order valence-corrected chi connectivity index (χ2v) is 7.63. The minimum atomic E-state index is 0.239. The highest BCUT2D eigenvalue weighted by Gasteiger charge is 2.23. The second kappa shape index (κ2) is 7.89. The van der Waals surface area contributed by atoms with Gasteiger partial charge in [-0.3, -0.25) is 0 Å². The number of pyridine rings is 1. The first-order chi connectivity index (χ1) is 14.7. The highest BCUT2D eigenvalue weighted by atomic mass is 35.5. The molecule has 1 saturated heterocycles. The van der Waals surface area contributed by atoms with Crippen molar-refractivity contribution in [2.45, 2.75) is 18.9 Å². The molecule has 0 bridgehead atoms. The van der Waals surface area contributed by atoms with Gasteiger partial charge in [-0.1, -0.05) is 11.6 Å². The van der Waals surface area contributed by atoms with Gasteiger partial charge >= 0.3 is 0 Å². The monoisotopic (exact) mass is 421 g/mol. The van der Waals surface area contributed by atoms with Crippen LogP contribution in [0.5, 0.6) is 11.6 Å². The lowest BCUT2D eigenvalue weighted by Gasteiger charge is -2.23. The number of piperidine rings is 1. The maximum Gasteiger partial charge on any atom is 0.219 e. The van der Waals surface area contributed by atoms with Gasteiger partial charge in [-0.25, -0.2) is 19.6 Å². The van der Waals surface area contributed by atoms with E-state index >= 15 is 0 Å². The summed E-state index contributed by atoms with van der Waals surface area (Å²) in [6.45, 7) is 1.89. The van der Waals surface area contributed by atoms with E-state index in [0.717, 1.165) is 48.2 Å². The Labute approximate surface area is 178 Å². The quantitative estimate of drug-likeness (QED) is 0.515. The molecule has 9 heteroatoms. The number of fused-ring (bicyclic) bond motifs is 1. The lowest BCUT2D eigenvalue weighted by molar-refractivity contribution is 0.354. The molecule has 5 rings (SSSR count). The van der Waals surface area contributed by atoms with Crippen molar-refractivity contribution in [1.29, 1.82) is 0 Å². The lowest BCUT2D eigenvalue weighted by Crippen LogP contribution is -2.32. The van der Waals surface area contributed by atoms with E-state index in [0.29, 0.717) is 22.5 Å². The molecule has 4 heterocycles. The molecule has 0 unspecified atom stereocenters. The summed E-state index contributed by atoms with van der Waals surface area (Å²) in [5.74, 6) is 1.57. The SMILES string of the molecule is Nc1ncnc2c1c(-c1ccc(Oc3ccc(Cl)cn3)cc1)nn2[C@@H]1CCCNC1. The highest BCUT2D eigenvalue weighted by Crippen LogP contribution is 2.34. The molecule has 1 aliphatic heterocycles. The maximum absolute atomic E-state index is 6.22. The molecular formula is C21H20ClN7O. The van der Waals surface area contributed by atoms with Crippen LogP contribution in [0.4, 0.5) is 5.82 Å². The predicted octanol–water partition coefficient (Wildman–Crippen LogP) is 3.84. The van der Waals surface area contributed by atoms with E-state index in [1.54, 1.807) is 18.3 Å². The largest absolute Gasteiger partial charge is 0.439 e. The van der Waals surface area contributed by atoms with E-state index < -0.39 is 0 Å². The number of benzene rings is 1. The average molecular weight is 422 g/mol. The minimum absolute atomic E-state index is 0.239. The maximum atomic E-state index is 6.22. The summed E-state index contributed by atoms with van der Waals surface area (Å²) < 4.78 is 7.77. The van der Waals surface area contributed by atoms with E-state index in [4.69, 9.17) is 27.2 Å². The Morgan fingerprint density at radius 2 is 1.97 bits per heavy atom. The molecule has 30 heavy (non-hydrogen) atoms. The number of halogens is 1. The van der Waals surface area contributed by atoms with E-state index in [9.17, 15) is 0 Å². The molecule has 3 N–H and O–H groups in total. The van der Waals surface area contributed by atoms with Crippen molar-refractivity contribution < 1.29 is 4.74 Å². The van der Waals surface area contributed by atoms with Gasteiger partial charge in [0.1, 0.15) is 23.6 Å². The molecule has 1 aliphatic rings. The molecule has 8 nitrogen and oxygen atoms in total. The minimum Gasteiger partial charge on any atom is -0.439 e. The van der Waals surface area contributed by atoms with Crippen molar-refractivity contribution in [2.75, 3.05) is 18.8 Å². The number of nitrogens with zero attached hydrogens (tertiary/aromatic N) is 5. The molecule has 0 radical (unpaired) electrons. The third-order valence-corrected chi connectivity index (χ3v) is 5.41. The first kappa shape index (κ1) is 18.8. The Morgan fingerprint density at radius 1 is 1.10 bits per heavy atom. The average Bonchev–Trinajstić information content (AvgIpc) is 3.18. The fourth-order valence-electron chi connectivity index (χ4n) is 3.72.